The summed E-state index contributed by atoms with van der Waals surface area (Å²) >= 11 is 0. The van der Waals surface area contributed by atoms with Gasteiger partial charge in [0.15, 0.2) is 0 Å². The number of para-hydroxylation sites is 1. The van der Waals surface area contributed by atoms with Crippen molar-refractivity contribution in [2.24, 2.45) is 5.92 Å². The molecule has 3 N–H and O–H groups in total. The van der Waals surface area contributed by atoms with E-state index in [0.717, 1.165) is 30.8 Å². The molecule has 1 fully saturated rings. The van der Waals surface area contributed by atoms with E-state index in [2.05, 4.69) is 22.9 Å². The zero-order chi connectivity index (χ0) is 14.8. The van der Waals surface area contributed by atoms with Gasteiger partial charge >= 0.3 is 0 Å². The molecule has 0 radical (unpaired) electrons. The van der Waals surface area contributed by atoms with Crippen LogP contribution in [-0.4, -0.2) is 30.9 Å². The molecule has 0 aromatic heterocycles. The topological polar surface area (TPSA) is 70.2 Å². The summed E-state index contributed by atoms with van der Waals surface area (Å²) in [5.41, 5.74) is 1.66. The zero-order valence-electron chi connectivity index (χ0n) is 12.6. The average molecular weight is 324 g/mol. The number of nitrogens with one attached hydrogen (secondary N) is 3. The number of anilines is 1. The summed E-state index contributed by atoms with van der Waals surface area (Å²) in [5, 5.41) is 9.25. The quantitative estimate of drug-likeness (QED) is 0.775. The second-order valence-electron chi connectivity index (χ2n) is 5.98. The van der Waals surface area contributed by atoms with Crippen molar-refractivity contribution >= 4 is 29.9 Å². The van der Waals surface area contributed by atoms with Gasteiger partial charge in [-0.2, -0.15) is 0 Å². The zero-order valence-corrected chi connectivity index (χ0v) is 13.4. The molecular weight excluding hydrogens is 302 g/mol. The molecule has 0 saturated carbocycles. The molecular formula is C16H22ClN3O2. The largest absolute Gasteiger partial charge is 0.351 e. The van der Waals surface area contributed by atoms with Crippen molar-refractivity contribution in [1.82, 2.24) is 10.6 Å². The van der Waals surface area contributed by atoms with Gasteiger partial charge in [-0.05, 0) is 30.5 Å². The van der Waals surface area contributed by atoms with Gasteiger partial charge in [-0.25, -0.2) is 0 Å². The Labute approximate surface area is 136 Å². The molecule has 5 nitrogen and oxygen atoms in total. The van der Waals surface area contributed by atoms with Crippen LogP contribution < -0.4 is 16.0 Å². The Morgan fingerprint density at radius 1 is 1.32 bits per heavy atom. The van der Waals surface area contributed by atoms with E-state index >= 15 is 0 Å². The van der Waals surface area contributed by atoms with E-state index in [4.69, 9.17) is 0 Å². The fourth-order valence-corrected chi connectivity index (χ4v) is 3.11. The summed E-state index contributed by atoms with van der Waals surface area (Å²) < 4.78 is 0. The number of hydrogen-bond donors (Lipinski definition) is 3. The van der Waals surface area contributed by atoms with Crippen LogP contribution in [0, 0.1) is 5.92 Å². The van der Waals surface area contributed by atoms with Gasteiger partial charge in [-0.15, -0.1) is 12.4 Å². The van der Waals surface area contributed by atoms with E-state index in [9.17, 15) is 9.59 Å². The van der Waals surface area contributed by atoms with Crippen molar-refractivity contribution in [1.29, 1.82) is 0 Å². The standard InChI is InChI=1S/C16H21N3O2.ClH/c1-10-6-7-17-9-14(10)19-16(21)12-8-15(20)18-13-5-3-2-4-11(12)13;/h2-5,10,12,14,17H,6-9H2,1H3,(H,18,20)(H,19,21);1H. The maximum atomic E-state index is 12.6. The van der Waals surface area contributed by atoms with E-state index in [-0.39, 0.29) is 42.6 Å². The third-order valence-electron chi connectivity index (χ3n) is 4.47. The lowest BCUT2D eigenvalue weighted by Crippen LogP contribution is -2.51. The van der Waals surface area contributed by atoms with E-state index in [0.29, 0.717) is 5.92 Å². The van der Waals surface area contributed by atoms with Crippen LogP contribution in [0.25, 0.3) is 0 Å². The van der Waals surface area contributed by atoms with Gasteiger partial charge in [-0.3, -0.25) is 9.59 Å². The highest BCUT2D eigenvalue weighted by Crippen LogP contribution is 2.32. The lowest BCUT2D eigenvalue weighted by Gasteiger charge is -2.32. The van der Waals surface area contributed by atoms with Crippen molar-refractivity contribution in [2.75, 3.05) is 18.4 Å². The molecule has 120 valence electrons. The number of carbonyl (C=O) groups is 2. The molecule has 0 aliphatic carbocycles. The number of benzene rings is 1. The van der Waals surface area contributed by atoms with Gasteiger partial charge in [0.2, 0.25) is 11.8 Å². The number of rotatable bonds is 2. The molecule has 0 bridgehead atoms. The monoisotopic (exact) mass is 323 g/mol. The highest BCUT2D eigenvalue weighted by Gasteiger charge is 2.32. The van der Waals surface area contributed by atoms with Crippen molar-refractivity contribution < 1.29 is 9.59 Å². The number of carbonyl (C=O) groups excluding carboxylic acids is 2. The first-order valence-corrected chi connectivity index (χ1v) is 7.55. The first kappa shape index (κ1) is 16.8. The molecule has 0 spiro atoms. The lowest BCUT2D eigenvalue weighted by atomic mass is 9.88. The molecule has 1 aromatic rings. The maximum absolute atomic E-state index is 12.6. The normalized spacial score (nSPS) is 27.1. The van der Waals surface area contributed by atoms with Crippen LogP contribution in [0.15, 0.2) is 24.3 Å². The summed E-state index contributed by atoms with van der Waals surface area (Å²) in [6.07, 6.45) is 1.28. The second kappa shape index (κ2) is 7.11. The number of hydrogen-bond acceptors (Lipinski definition) is 3. The average Bonchev–Trinajstić information content (AvgIpc) is 2.48. The van der Waals surface area contributed by atoms with Gasteiger partial charge in [-0.1, -0.05) is 25.1 Å². The third-order valence-corrected chi connectivity index (χ3v) is 4.47. The molecule has 2 amide bonds. The van der Waals surface area contributed by atoms with E-state index in [1.807, 2.05) is 24.3 Å². The number of piperidine rings is 1. The Kier molecular flexibility index (Phi) is 5.42. The molecule has 22 heavy (non-hydrogen) atoms. The Bertz CT molecular complexity index is 564. The minimum absolute atomic E-state index is 0. The van der Waals surface area contributed by atoms with Crippen LogP contribution in [0.2, 0.25) is 0 Å². The molecule has 6 heteroatoms. The lowest BCUT2D eigenvalue weighted by molar-refractivity contribution is -0.127. The fraction of sp³-hybridized carbons (Fsp3) is 0.500. The van der Waals surface area contributed by atoms with E-state index in [1.165, 1.54) is 0 Å². The summed E-state index contributed by atoms with van der Waals surface area (Å²) in [7, 11) is 0. The molecule has 2 aliphatic heterocycles. The first-order chi connectivity index (χ1) is 10.1. The molecule has 3 rings (SSSR count). The smallest absolute Gasteiger partial charge is 0.228 e. The Hall–Kier alpha value is -1.59. The molecule has 1 saturated heterocycles. The van der Waals surface area contributed by atoms with Crippen molar-refractivity contribution in [2.45, 2.75) is 31.7 Å². The van der Waals surface area contributed by atoms with Gasteiger partial charge in [0.25, 0.3) is 0 Å². The van der Waals surface area contributed by atoms with Crippen molar-refractivity contribution in [3.8, 4) is 0 Å². The van der Waals surface area contributed by atoms with Crippen molar-refractivity contribution in [3.63, 3.8) is 0 Å². The van der Waals surface area contributed by atoms with Crippen LogP contribution >= 0.6 is 12.4 Å². The Morgan fingerprint density at radius 2 is 2.09 bits per heavy atom. The number of halogens is 1. The minimum Gasteiger partial charge on any atom is -0.351 e. The van der Waals surface area contributed by atoms with Crippen molar-refractivity contribution in [3.05, 3.63) is 29.8 Å². The Morgan fingerprint density at radius 3 is 2.86 bits per heavy atom. The van der Waals surface area contributed by atoms with Gasteiger partial charge in [0.05, 0.1) is 5.92 Å². The van der Waals surface area contributed by atoms with E-state index in [1.54, 1.807) is 0 Å². The highest BCUT2D eigenvalue weighted by atomic mass is 35.5. The molecule has 2 heterocycles. The summed E-state index contributed by atoms with van der Waals surface area (Å²) in [6.45, 7) is 3.96. The van der Waals surface area contributed by atoms with Crippen LogP contribution in [0.3, 0.4) is 0 Å². The molecule has 3 atom stereocenters. The van der Waals surface area contributed by atoms with Crippen LogP contribution in [0.5, 0.6) is 0 Å². The van der Waals surface area contributed by atoms with Gasteiger partial charge < -0.3 is 16.0 Å². The van der Waals surface area contributed by atoms with Crippen LogP contribution in [0.4, 0.5) is 5.69 Å². The van der Waals surface area contributed by atoms with E-state index < -0.39 is 0 Å². The second-order valence-corrected chi connectivity index (χ2v) is 5.98. The summed E-state index contributed by atoms with van der Waals surface area (Å²) in [6, 6.07) is 7.68. The SMILES string of the molecule is CC1CCNCC1NC(=O)C1CC(=O)Nc2ccccc21.Cl. The van der Waals surface area contributed by atoms with Crippen LogP contribution in [-0.2, 0) is 9.59 Å². The highest BCUT2D eigenvalue weighted by molar-refractivity contribution is 6.01. The summed E-state index contributed by atoms with van der Waals surface area (Å²) in [4.78, 5) is 24.4. The maximum Gasteiger partial charge on any atom is 0.228 e. The van der Waals surface area contributed by atoms with Gasteiger partial charge in [0, 0.05) is 24.7 Å². The number of amides is 2. The molecule has 2 aliphatic rings. The third kappa shape index (κ3) is 3.42. The van der Waals surface area contributed by atoms with Gasteiger partial charge in [0.1, 0.15) is 0 Å². The predicted molar refractivity (Wildman–Crippen MR) is 88.3 cm³/mol. The predicted octanol–water partition coefficient (Wildman–Crippen LogP) is 1.65. The fourth-order valence-electron chi connectivity index (χ4n) is 3.11. The summed E-state index contributed by atoms with van der Waals surface area (Å²) in [5.74, 6) is -0.0616. The minimum atomic E-state index is -0.385. The molecule has 1 aromatic carbocycles. The molecule has 3 unspecified atom stereocenters. The Balaban J connectivity index is 0.00000176. The van der Waals surface area contributed by atoms with Crippen LogP contribution in [0.1, 0.15) is 31.2 Å². The number of fused-ring (bicyclic) bond motifs is 1. The first-order valence-electron chi connectivity index (χ1n) is 7.55.